The van der Waals surface area contributed by atoms with Crippen LogP contribution in [0, 0.1) is 31.6 Å². The molecule has 1 N–H and O–H groups in total. The van der Waals surface area contributed by atoms with Crippen molar-refractivity contribution in [3.8, 4) is 0 Å². The maximum absolute atomic E-state index is 13.4. The number of hydrogen-bond donors (Lipinski definition) is 1. The zero-order valence-corrected chi connectivity index (χ0v) is 34.3. The quantitative estimate of drug-likeness (QED) is 0.125. The van der Waals surface area contributed by atoms with E-state index in [1.54, 1.807) is 72.8 Å². The third-order valence-electron chi connectivity index (χ3n) is 8.20. The molecule has 3 aromatic rings. The van der Waals surface area contributed by atoms with Crippen LogP contribution < -0.4 is 0 Å². The van der Waals surface area contributed by atoms with Gasteiger partial charge in [0.25, 0.3) is 0 Å². The molecular weight excluding hydrogens is 753 g/mol. The van der Waals surface area contributed by atoms with Gasteiger partial charge in [-0.2, -0.15) is 35.3 Å². The molecule has 1 atom stereocenters. The second-order valence-electron chi connectivity index (χ2n) is 13.6. The molecule has 14 heteroatoms. The van der Waals surface area contributed by atoms with Crippen molar-refractivity contribution in [1.82, 2.24) is 0 Å². The van der Waals surface area contributed by atoms with Crippen LogP contribution in [0.4, 0.5) is 0 Å². The van der Waals surface area contributed by atoms with Crippen LogP contribution in [0.25, 0.3) is 0 Å². The summed E-state index contributed by atoms with van der Waals surface area (Å²) in [5.41, 5.74) is 0.760. The van der Waals surface area contributed by atoms with Crippen molar-refractivity contribution >= 4 is 70.8 Å². The van der Waals surface area contributed by atoms with Gasteiger partial charge in [0, 0.05) is 34.0 Å². The minimum absolute atomic E-state index is 0.0586. The molecule has 0 aliphatic heterocycles. The predicted molar refractivity (Wildman–Crippen MR) is 210 cm³/mol. The first-order chi connectivity index (χ1) is 23.2. The van der Waals surface area contributed by atoms with Crippen molar-refractivity contribution in [3.63, 3.8) is 0 Å². The summed E-state index contributed by atoms with van der Waals surface area (Å²) >= 11 is 3.76. The summed E-state index contributed by atoms with van der Waals surface area (Å²) in [5.74, 6) is -1.07. The molecule has 0 saturated heterocycles. The standard InChI is InChI=1S/C36H48O8S6/c1-27-7-13-30(14-8-27)48(39,40)22-19-45-25-36(34(37)38,26-46-20-23-49(41,42)31-15-9-28(2)10-16-31)33(35(4,5)6)47-21-24-50(43,44)32-17-11-29(3)12-18-32/h7-18,33H,19-26H2,1-6H3,(H,37,38). The molecule has 0 aromatic heterocycles. The maximum Gasteiger partial charge on any atom is 0.312 e. The van der Waals surface area contributed by atoms with Crippen LogP contribution in [-0.2, 0) is 34.3 Å². The van der Waals surface area contributed by atoms with Gasteiger partial charge in [-0.15, -0.1) is 0 Å². The SMILES string of the molecule is Cc1ccc(S(=O)(=O)CCSCC(CSCCS(=O)(=O)c2ccc(C)cc2)(C(=O)O)C(SCCS(=O)(=O)c2ccc(C)cc2)C(C)(C)C)cc1. The summed E-state index contributed by atoms with van der Waals surface area (Å²) in [4.78, 5) is 14.0. The van der Waals surface area contributed by atoms with E-state index in [0.29, 0.717) is 0 Å². The molecule has 0 spiro atoms. The number of aliphatic carboxylic acids is 1. The lowest BCUT2D eigenvalue weighted by molar-refractivity contribution is -0.147. The van der Waals surface area contributed by atoms with Gasteiger partial charge < -0.3 is 5.11 Å². The van der Waals surface area contributed by atoms with E-state index in [1.807, 2.05) is 41.5 Å². The Kier molecular flexibility index (Phi) is 15.0. The normalized spacial score (nSPS) is 13.6. The number of rotatable bonds is 19. The molecule has 0 heterocycles. The van der Waals surface area contributed by atoms with E-state index in [-0.39, 0.29) is 60.7 Å². The molecule has 0 amide bonds. The van der Waals surface area contributed by atoms with Crippen LogP contribution in [0.1, 0.15) is 37.5 Å². The van der Waals surface area contributed by atoms with Crippen molar-refractivity contribution in [2.45, 2.75) is 61.5 Å². The van der Waals surface area contributed by atoms with Gasteiger partial charge in [0.15, 0.2) is 29.5 Å². The molecular formula is C36H48O8S6. The first kappa shape index (κ1) is 42.4. The van der Waals surface area contributed by atoms with Gasteiger partial charge in [-0.25, -0.2) is 25.3 Å². The molecule has 3 rings (SSSR count). The van der Waals surface area contributed by atoms with E-state index in [1.165, 1.54) is 35.3 Å². The first-order valence-corrected chi connectivity index (χ1v) is 24.4. The third-order valence-corrected chi connectivity index (χ3v) is 18.5. The van der Waals surface area contributed by atoms with E-state index < -0.39 is 51.6 Å². The highest BCUT2D eigenvalue weighted by Crippen LogP contribution is 2.47. The molecule has 0 aliphatic rings. The molecule has 50 heavy (non-hydrogen) atoms. The number of benzene rings is 3. The number of thioether (sulfide) groups is 3. The van der Waals surface area contributed by atoms with Crippen LogP contribution in [0.3, 0.4) is 0 Å². The Bertz CT molecular complexity index is 1810. The Labute approximate surface area is 311 Å². The minimum atomic E-state index is -3.63. The van der Waals surface area contributed by atoms with Crippen LogP contribution in [0.5, 0.6) is 0 Å². The molecule has 0 radical (unpaired) electrons. The lowest BCUT2D eigenvalue weighted by Gasteiger charge is -2.44. The fourth-order valence-electron chi connectivity index (χ4n) is 5.38. The lowest BCUT2D eigenvalue weighted by Crippen LogP contribution is -2.51. The summed E-state index contributed by atoms with van der Waals surface area (Å²) in [6.07, 6.45) is 0. The monoisotopic (exact) mass is 800 g/mol. The molecule has 0 fully saturated rings. The van der Waals surface area contributed by atoms with Gasteiger partial charge in [-0.05, 0) is 62.6 Å². The second-order valence-corrected chi connectivity index (χ2v) is 23.3. The van der Waals surface area contributed by atoms with Gasteiger partial charge >= 0.3 is 5.97 Å². The largest absolute Gasteiger partial charge is 0.481 e. The highest BCUT2D eigenvalue weighted by atomic mass is 32.2. The third kappa shape index (κ3) is 11.8. The van der Waals surface area contributed by atoms with E-state index in [0.717, 1.165) is 16.7 Å². The summed E-state index contributed by atoms with van der Waals surface area (Å²) in [6.45, 7) is 11.4. The van der Waals surface area contributed by atoms with Crippen molar-refractivity contribution in [1.29, 1.82) is 0 Å². The lowest BCUT2D eigenvalue weighted by atomic mass is 9.75. The van der Waals surface area contributed by atoms with Crippen LogP contribution in [-0.4, -0.2) is 87.6 Å². The Morgan fingerprint density at radius 3 is 1.16 bits per heavy atom. The zero-order chi connectivity index (χ0) is 37.4. The van der Waals surface area contributed by atoms with E-state index in [9.17, 15) is 35.2 Å². The number of carboxylic acid groups (broad SMARTS) is 1. The summed E-state index contributed by atoms with van der Waals surface area (Å²) in [7, 11) is -10.8. The fourth-order valence-corrected chi connectivity index (χ4v) is 15.2. The van der Waals surface area contributed by atoms with Crippen molar-refractivity contribution in [2.75, 3.05) is 46.0 Å². The second kappa shape index (κ2) is 17.7. The Balaban J connectivity index is 1.84. The highest BCUT2D eigenvalue weighted by molar-refractivity contribution is 8.03. The highest BCUT2D eigenvalue weighted by Gasteiger charge is 2.51. The number of hydrogen-bond acceptors (Lipinski definition) is 10. The smallest absolute Gasteiger partial charge is 0.312 e. The molecule has 0 aliphatic carbocycles. The Hall–Kier alpha value is -1.97. The van der Waals surface area contributed by atoms with Gasteiger partial charge in [0.1, 0.15) is 0 Å². The maximum atomic E-state index is 13.4. The van der Waals surface area contributed by atoms with Crippen LogP contribution in [0.15, 0.2) is 87.5 Å². The van der Waals surface area contributed by atoms with Crippen molar-refractivity contribution in [3.05, 3.63) is 89.5 Å². The topological polar surface area (TPSA) is 140 Å². The van der Waals surface area contributed by atoms with Crippen molar-refractivity contribution < 1.29 is 35.2 Å². The average molecular weight is 801 g/mol. The fraction of sp³-hybridized carbons (Fsp3) is 0.472. The van der Waals surface area contributed by atoms with E-state index in [2.05, 4.69) is 0 Å². The molecule has 3 aromatic carbocycles. The number of aryl methyl sites for hydroxylation is 3. The van der Waals surface area contributed by atoms with E-state index in [4.69, 9.17) is 0 Å². The summed E-state index contributed by atoms with van der Waals surface area (Å²) < 4.78 is 78.6. The van der Waals surface area contributed by atoms with Gasteiger partial charge in [0.05, 0.1) is 37.4 Å². The Morgan fingerprint density at radius 1 is 0.580 bits per heavy atom. The van der Waals surface area contributed by atoms with Gasteiger partial charge in [-0.3, -0.25) is 4.79 Å². The zero-order valence-electron chi connectivity index (χ0n) is 29.4. The number of carbonyl (C=O) groups is 1. The first-order valence-electron chi connectivity index (χ1n) is 16.1. The molecule has 0 bridgehead atoms. The Morgan fingerprint density at radius 2 is 0.880 bits per heavy atom. The molecule has 1 unspecified atom stereocenters. The molecule has 276 valence electrons. The van der Waals surface area contributed by atoms with Crippen LogP contribution >= 0.6 is 35.3 Å². The van der Waals surface area contributed by atoms with Crippen LogP contribution in [0.2, 0.25) is 0 Å². The summed E-state index contributed by atoms with van der Waals surface area (Å²) in [5, 5.41) is 10.4. The number of sulfone groups is 3. The van der Waals surface area contributed by atoms with Crippen molar-refractivity contribution in [2.24, 2.45) is 10.8 Å². The van der Waals surface area contributed by atoms with E-state index >= 15 is 0 Å². The predicted octanol–water partition coefficient (Wildman–Crippen LogP) is 7.02. The molecule has 0 saturated carbocycles. The number of carboxylic acids is 1. The minimum Gasteiger partial charge on any atom is -0.481 e. The average Bonchev–Trinajstić information content (AvgIpc) is 3.02. The van der Waals surface area contributed by atoms with Gasteiger partial charge in [-0.1, -0.05) is 73.9 Å². The summed E-state index contributed by atoms with van der Waals surface area (Å²) in [6, 6.07) is 19.8. The van der Waals surface area contributed by atoms with Gasteiger partial charge in [0.2, 0.25) is 0 Å². The molecule has 8 nitrogen and oxygen atoms in total.